The van der Waals surface area contributed by atoms with Crippen molar-refractivity contribution in [3.05, 3.63) is 36.0 Å². The Kier molecular flexibility index (Phi) is 4.61. The largest absolute Gasteiger partial charge is 0.370 e. The minimum absolute atomic E-state index is 0.102. The number of hydrogen-bond donors (Lipinski definition) is 2. The van der Waals surface area contributed by atoms with Gasteiger partial charge in [-0.2, -0.15) is 0 Å². The molecule has 20 heavy (non-hydrogen) atoms. The van der Waals surface area contributed by atoms with Gasteiger partial charge in [-0.3, -0.25) is 0 Å². The Morgan fingerprint density at radius 3 is 2.60 bits per heavy atom. The number of fused-ring (bicyclic) bond motifs is 1. The highest BCUT2D eigenvalue weighted by atomic mass is 15.0. The molecular weight excluding hydrogens is 246 g/mol. The summed E-state index contributed by atoms with van der Waals surface area (Å²) in [7, 11) is 0. The normalized spacial score (nSPS) is 11.8. The molecule has 3 nitrogen and oxygen atoms in total. The van der Waals surface area contributed by atoms with E-state index in [1.165, 1.54) is 10.8 Å². The zero-order valence-corrected chi connectivity index (χ0v) is 13.0. The molecule has 0 atom stereocenters. The van der Waals surface area contributed by atoms with Crippen LogP contribution in [0.2, 0.25) is 0 Å². The minimum Gasteiger partial charge on any atom is -0.370 e. The number of hydrogen-bond acceptors (Lipinski definition) is 3. The summed E-state index contributed by atoms with van der Waals surface area (Å²) in [6.07, 6.45) is 1.10. The van der Waals surface area contributed by atoms with Crippen molar-refractivity contribution in [3.8, 4) is 0 Å². The van der Waals surface area contributed by atoms with Gasteiger partial charge >= 0.3 is 0 Å². The number of nitrogens with one attached hydrogen (secondary N) is 2. The van der Waals surface area contributed by atoms with E-state index in [0.717, 1.165) is 31.0 Å². The van der Waals surface area contributed by atoms with Crippen LogP contribution in [0.1, 0.15) is 39.8 Å². The quantitative estimate of drug-likeness (QED) is 0.864. The van der Waals surface area contributed by atoms with E-state index >= 15 is 0 Å². The van der Waals surface area contributed by atoms with Gasteiger partial charge < -0.3 is 10.6 Å². The van der Waals surface area contributed by atoms with Gasteiger partial charge in [0, 0.05) is 24.0 Å². The van der Waals surface area contributed by atoms with E-state index in [9.17, 15) is 0 Å². The van der Waals surface area contributed by atoms with E-state index in [0.29, 0.717) is 0 Å². The first-order valence-corrected chi connectivity index (χ1v) is 7.37. The molecule has 1 aromatic carbocycles. The minimum atomic E-state index is 0.102. The highest BCUT2D eigenvalue weighted by Gasteiger charge is 2.10. The Labute approximate surface area is 121 Å². The maximum absolute atomic E-state index is 4.77. The third-order valence-electron chi connectivity index (χ3n) is 3.14. The smallest absolute Gasteiger partial charge is 0.134 e. The summed E-state index contributed by atoms with van der Waals surface area (Å²) in [6.45, 7) is 10.4. The van der Waals surface area contributed by atoms with E-state index in [2.05, 4.69) is 68.7 Å². The van der Waals surface area contributed by atoms with Gasteiger partial charge in [0.05, 0.1) is 5.69 Å². The van der Waals surface area contributed by atoms with Gasteiger partial charge in [0.15, 0.2) is 0 Å². The highest BCUT2D eigenvalue weighted by Crippen LogP contribution is 2.22. The van der Waals surface area contributed by atoms with E-state index in [1.807, 2.05) is 0 Å². The third-order valence-corrected chi connectivity index (χ3v) is 3.14. The van der Waals surface area contributed by atoms with Crippen LogP contribution in [-0.4, -0.2) is 17.1 Å². The standard InChI is InChI=1S/C17H25N3/c1-5-10-18-16-15-9-7-6-8-13(15)11-14(20-16)12-19-17(2,3)4/h6-9,11,19H,5,10,12H2,1-4H3,(H,18,20). The van der Waals surface area contributed by atoms with E-state index in [1.54, 1.807) is 0 Å². The molecule has 0 amide bonds. The van der Waals surface area contributed by atoms with Crippen molar-refractivity contribution >= 4 is 16.6 Å². The van der Waals surface area contributed by atoms with Gasteiger partial charge in [-0.1, -0.05) is 31.2 Å². The van der Waals surface area contributed by atoms with E-state index < -0.39 is 0 Å². The molecule has 1 heterocycles. The predicted octanol–water partition coefficient (Wildman–Crippen LogP) is 3.94. The van der Waals surface area contributed by atoms with Gasteiger partial charge in [-0.25, -0.2) is 4.98 Å². The van der Waals surface area contributed by atoms with Crippen LogP contribution in [0, 0.1) is 0 Å². The molecule has 108 valence electrons. The van der Waals surface area contributed by atoms with Crippen LogP contribution in [0.4, 0.5) is 5.82 Å². The molecule has 0 aliphatic heterocycles. The molecule has 0 saturated carbocycles. The van der Waals surface area contributed by atoms with Crippen LogP contribution in [0.25, 0.3) is 10.8 Å². The van der Waals surface area contributed by atoms with E-state index in [-0.39, 0.29) is 5.54 Å². The van der Waals surface area contributed by atoms with Gasteiger partial charge in [-0.05, 0) is 38.6 Å². The molecule has 0 aliphatic carbocycles. The summed E-state index contributed by atoms with van der Waals surface area (Å²) >= 11 is 0. The first kappa shape index (κ1) is 14.8. The number of pyridine rings is 1. The summed E-state index contributed by atoms with van der Waals surface area (Å²) in [5.41, 5.74) is 1.18. The molecule has 0 bridgehead atoms. The summed E-state index contributed by atoms with van der Waals surface area (Å²) < 4.78 is 0. The SMILES string of the molecule is CCCNc1nc(CNC(C)(C)C)cc2ccccc12. The summed E-state index contributed by atoms with van der Waals surface area (Å²) in [6, 6.07) is 10.6. The Bertz CT molecular complexity index is 570. The number of aromatic nitrogens is 1. The molecule has 1 aromatic heterocycles. The molecule has 0 radical (unpaired) electrons. The third kappa shape index (κ3) is 3.94. The monoisotopic (exact) mass is 271 g/mol. The maximum atomic E-state index is 4.77. The Morgan fingerprint density at radius 2 is 1.90 bits per heavy atom. The molecule has 0 fully saturated rings. The summed E-state index contributed by atoms with van der Waals surface area (Å²) in [4.78, 5) is 4.77. The molecule has 2 aromatic rings. The van der Waals surface area contributed by atoms with Gasteiger partial charge in [-0.15, -0.1) is 0 Å². The van der Waals surface area contributed by atoms with Crippen LogP contribution < -0.4 is 10.6 Å². The van der Waals surface area contributed by atoms with Crippen LogP contribution in [0.5, 0.6) is 0 Å². The van der Waals surface area contributed by atoms with Crippen molar-refractivity contribution in [3.63, 3.8) is 0 Å². The molecular formula is C17H25N3. The lowest BCUT2D eigenvalue weighted by Gasteiger charge is -2.20. The molecule has 0 saturated heterocycles. The second kappa shape index (κ2) is 6.23. The number of nitrogens with zero attached hydrogens (tertiary/aromatic N) is 1. The predicted molar refractivity (Wildman–Crippen MR) is 87.1 cm³/mol. The molecule has 2 rings (SSSR count). The lowest BCUT2D eigenvalue weighted by molar-refractivity contribution is 0.421. The summed E-state index contributed by atoms with van der Waals surface area (Å²) in [5.74, 6) is 0.996. The van der Waals surface area contributed by atoms with Crippen molar-refractivity contribution < 1.29 is 0 Å². The second-order valence-corrected chi connectivity index (χ2v) is 6.21. The van der Waals surface area contributed by atoms with Crippen molar-refractivity contribution in [2.45, 2.75) is 46.2 Å². The summed E-state index contributed by atoms with van der Waals surface area (Å²) in [5, 5.41) is 9.37. The first-order chi connectivity index (χ1) is 9.49. The molecule has 2 N–H and O–H groups in total. The fourth-order valence-corrected chi connectivity index (χ4v) is 2.08. The van der Waals surface area contributed by atoms with Gasteiger partial charge in [0.2, 0.25) is 0 Å². The molecule has 0 aliphatic rings. The lowest BCUT2D eigenvalue weighted by Crippen LogP contribution is -2.35. The highest BCUT2D eigenvalue weighted by molar-refractivity contribution is 5.92. The number of benzene rings is 1. The van der Waals surface area contributed by atoms with Crippen LogP contribution in [0.15, 0.2) is 30.3 Å². The van der Waals surface area contributed by atoms with Gasteiger partial charge in [0.25, 0.3) is 0 Å². The molecule has 3 heteroatoms. The Morgan fingerprint density at radius 1 is 1.15 bits per heavy atom. The second-order valence-electron chi connectivity index (χ2n) is 6.21. The average Bonchev–Trinajstić information content (AvgIpc) is 2.41. The topological polar surface area (TPSA) is 37.0 Å². The van der Waals surface area contributed by atoms with Crippen LogP contribution in [0.3, 0.4) is 0 Å². The fraction of sp³-hybridized carbons (Fsp3) is 0.471. The molecule has 0 unspecified atom stereocenters. The molecule has 0 spiro atoms. The Balaban J connectivity index is 2.31. The Hall–Kier alpha value is -1.61. The number of rotatable bonds is 5. The fourth-order valence-electron chi connectivity index (χ4n) is 2.08. The van der Waals surface area contributed by atoms with Crippen molar-refractivity contribution in [1.29, 1.82) is 0 Å². The zero-order valence-electron chi connectivity index (χ0n) is 13.0. The van der Waals surface area contributed by atoms with Crippen LogP contribution >= 0.6 is 0 Å². The lowest BCUT2D eigenvalue weighted by atomic mass is 10.1. The van der Waals surface area contributed by atoms with Crippen molar-refractivity contribution in [1.82, 2.24) is 10.3 Å². The zero-order chi connectivity index (χ0) is 14.6. The van der Waals surface area contributed by atoms with Crippen LogP contribution in [-0.2, 0) is 6.54 Å². The average molecular weight is 271 g/mol. The maximum Gasteiger partial charge on any atom is 0.134 e. The first-order valence-electron chi connectivity index (χ1n) is 7.37. The van der Waals surface area contributed by atoms with Crippen molar-refractivity contribution in [2.24, 2.45) is 0 Å². The van der Waals surface area contributed by atoms with Gasteiger partial charge in [0.1, 0.15) is 5.82 Å². The number of anilines is 1. The van der Waals surface area contributed by atoms with Crippen molar-refractivity contribution in [2.75, 3.05) is 11.9 Å². The van der Waals surface area contributed by atoms with E-state index in [4.69, 9.17) is 4.98 Å².